The molecule has 3 aromatic heterocycles. The zero-order valence-corrected chi connectivity index (χ0v) is 16.2. The molecule has 1 saturated heterocycles. The molecule has 4 heterocycles. The summed E-state index contributed by atoms with van der Waals surface area (Å²) in [6, 6.07) is 3.35. The monoisotopic (exact) mass is 419 g/mol. The molecule has 3 aromatic rings. The largest absolute Gasteiger partial charge is 0.443 e. The van der Waals surface area contributed by atoms with Crippen LogP contribution in [0.4, 0.5) is 15.0 Å². The van der Waals surface area contributed by atoms with E-state index in [1.165, 1.54) is 11.1 Å². The number of nitrogens with zero attached hydrogens (tertiary/aromatic N) is 6. The van der Waals surface area contributed by atoms with Crippen LogP contribution in [0.15, 0.2) is 37.1 Å². The number of hydrogen-bond donors (Lipinski definition) is 1. The highest BCUT2D eigenvalue weighted by Gasteiger charge is 2.32. The van der Waals surface area contributed by atoms with Gasteiger partial charge in [0.05, 0.1) is 17.3 Å². The predicted molar refractivity (Wildman–Crippen MR) is 103 cm³/mol. The number of likely N-dealkylation sites (tertiary alicyclic amines) is 1. The molecule has 1 amide bonds. The maximum Gasteiger partial charge on any atom is 0.410 e. The molecular weight excluding hydrogens is 401 g/mol. The number of amides is 1. The lowest BCUT2D eigenvalue weighted by Crippen LogP contribution is -2.46. The maximum atomic E-state index is 14.7. The van der Waals surface area contributed by atoms with Gasteiger partial charge in [-0.15, -0.1) is 10.2 Å². The Hall–Kier alpha value is -3.01. The minimum absolute atomic E-state index is 0.0121. The number of rotatable bonds is 5. The van der Waals surface area contributed by atoms with Crippen molar-refractivity contribution in [2.45, 2.75) is 19.2 Å². The fourth-order valence-electron chi connectivity index (χ4n) is 3.18. The minimum Gasteiger partial charge on any atom is -0.443 e. The van der Waals surface area contributed by atoms with Crippen molar-refractivity contribution < 1.29 is 13.9 Å². The molecule has 11 heteroatoms. The minimum atomic E-state index is -1.17. The number of pyridine rings is 1. The molecule has 29 heavy (non-hydrogen) atoms. The zero-order chi connectivity index (χ0) is 20.2. The van der Waals surface area contributed by atoms with Crippen LogP contribution in [0.2, 0.25) is 5.02 Å². The van der Waals surface area contributed by atoms with Gasteiger partial charge in [-0.25, -0.2) is 14.2 Å². The average Bonchev–Trinajstić information content (AvgIpc) is 3.22. The van der Waals surface area contributed by atoms with Crippen molar-refractivity contribution >= 4 is 29.2 Å². The molecule has 1 N–H and O–H groups in total. The second-order valence-electron chi connectivity index (χ2n) is 6.75. The Morgan fingerprint density at radius 3 is 3.07 bits per heavy atom. The molecule has 9 nitrogen and oxygen atoms in total. The van der Waals surface area contributed by atoms with Crippen molar-refractivity contribution in [3.05, 3.63) is 47.8 Å². The predicted octanol–water partition coefficient (Wildman–Crippen LogP) is 2.58. The number of aromatic nitrogens is 5. The van der Waals surface area contributed by atoms with Crippen LogP contribution in [0, 0.1) is 5.92 Å². The van der Waals surface area contributed by atoms with Crippen molar-refractivity contribution in [1.82, 2.24) is 29.5 Å². The van der Waals surface area contributed by atoms with Crippen LogP contribution in [0.25, 0.3) is 5.65 Å². The Morgan fingerprint density at radius 1 is 1.38 bits per heavy atom. The molecule has 1 aliphatic heterocycles. The summed E-state index contributed by atoms with van der Waals surface area (Å²) in [5.74, 6) is 0.302. The van der Waals surface area contributed by atoms with Gasteiger partial charge in [0.2, 0.25) is 5.65 Å². The number of alkyl halides is 1. The number of piperidine rings is 1. The van der Waals surface area contributed by atoms with Crippen LogP contribution < -0.4 is 5.32 Å². The molecule has 0 unspecified atom stereocenters. The smallest absolute Gasteiger partial charge is 0.410 e. The summed E-state index contributed by atoms with van der Waals surface area (Å²) < 4.78 is 21.6. The SMILES string of the molecule is O=C(OCc1ccc(Cl)cn1)N1CC[C@H](CNc2nccn3cnnc23)[C@H](F)C1. The lowest BCUT2D eigenvalue weighted by Gasteiger charge is -2.34. The van der Waals surface area contributed by atoms with Crippen LogP contribution in [0.3, 0.4) is 0 Å². The van der Waals surface area contributed by atoms with Crippen molar-refractivity contribution in [2.24, 2.45) is 5.92 Å². The molecule has 0 aromatic carbocycles. The highest BCUT2D eigenvalue weighted by molar-refractivity contribution is 6.30. The van der Waals surface area contributed by atoms with E-state index in [0.717, 1.165) is 0 Å². The Labute approximate surface area is 170 Å². The topological polar surface area (TPSA) is 97.5 Å². The number of carbonyl (C=O) groups excluding carboxylic acids is 1. The molecular formula is C18H19ClFN7O2. The van der Waals surface area contributed by atoms with Gasteiger partial charge in [-0.1, -0.05) is 11.6 Å². The van der Waals surface area contributed by atoms with Crippen LogP contribution in [0.1, 0.15) is 12.1 Å². The maximum absolute atomic E-state index is 14.7. The van der Waals surface area contributed by atoms with E-state index in [9.17, 15) is 9.18 Å². The van der Waals surface area contributed by atoms with Crippen molar-refractivity contribution in [2.75, 3.05) is 25.0 Å². The van der Waals surface area contributed by atoms with Crippen LogP contribution in [-0.4, -0.2) is 61.4 Å². The number of hydrogen-bond acceptors (Lipinski definition) is 7. The number of anilines is 1. The Kier molecular flexibility index (Phi) is 5.70. The molecule has 2 atom stereocenters. The van der Waals surface area contributed by atoms with E-state index in [0.29, 0.717) is 41.7 Å². The molecule has 0 aliphatic carbocycles. The third-order valence-electron chi connectivity index (χ3n) is 4.81. The van der Waals surface area contributed by atoms with E-state index >= 15 is 0 Å². The van der Waals surface area contributed by atoms with Gasteiger partial charge in [-0.3, -0.25) is 9.38 Å². The third kappa shape index (κ3) is 4.53. The molecule has 1 aliphatic rings. The Morgan fingerprint density at radius 2 is 2.28 bits per heavy atom. The van der Waals surface area contributed by atoms with Crippen molar-refractivity contribution in [3.63, 3.8) is 0 Å². The fourth-order valence-corrected chi connectivity index (χ4v) is 3.29. The molecule has 0 saturated carbocycles. The zero-order valence-electron chi connectivity index (χ0n) is 15.4. The summed E-state index contributed by atoms with van der Waals surface area (Å²) in [4.78, 5) is 21.9. The number of fused-ring (bicyclic) bond motifs is 1. The third-order valence-corrected chi connectivity index (χ3v) is 5.04. The van der Waals surface area contributed by atoms with E-state index in [4.69, 9.17) is 16.3 Å². The van der Waals surface area contributed by atoms with Gasteiger partial charge in [0, 0.05) is 37.6 Å². The van der Waals surface area contributed by atoms with E-state index in [1.54, 1.807) is 35.3 Å². The molecule has 0 radical (unpaired) electrons. The van der Waals surface area contributed by atoms with Crippen LogP contribution in [0.5, 0.6) is 0 Å². The van der Waals surface area contributed by atoms with E-state index in [1.807, 2.05) is 0 Å². The molecule has 0 bridgehead atoms. The van der Waals surface area contributed by atoms with Gasteiger partial charge in [0.1, 0.15) is 19.1 Å². The quantitative estimate of drug-likeness (QED) is 0.678. The fraction of sp³-hybridized carbons (Fsp3) is 0.389. The van der Waals surface area contributed by atoms with Gasteiger partial charge < -0.3 is 15.0 Å². The molecule has 4 rings (SSSR count). The second-order valence-corrected chi connectivity index (χ2v) is 7.19. The summed E-state index contributed by atoms with van der Waals surface area (Å²) in [6.45, 7) is 0.810. The first-order valence-corrected chi connectivity index (χ1v) is 9.52. The van der Waals surface area contributed by atoms with E-state index < -0.39 is 12.3 Å². The summed E-state index contributed by atoms with van der Waals surface area (Å²) in [7, 11) is 0. The molecule has 1 fully saturated rings. The lowest BCUT2D eigenvalue weighted by atomic mass is 9.95. The number of nitrogens with one attached hydrogen (secondary N) is 1. The standard InChI is InChI=1S/C18H19ClFN7O2/c19-13-1-2-14(22-8-13)10-29-18(28)26-5-3-12(15(20)9-26)7-23-16-17-25-24-11-27(17)6-4-21-16/h1-2,4,6,8,11-12,15H,3,5,7,9-10H2,(H,21,23)/t12-,15-/m1/s1. The summed E-state index contributed by atoms with van der Waals surface area (Å²) in [5.41, 5.74) is 1.16. The highest BCUT2D eigenvalue weighted by atomic mass is 35.5. The first-order valence-electron chi connectivity index (χ1n) is 9.14. The van der Waals surface area contributed by atoms with Gasteiger partial charge in [-0.05, 0) is 18.6 Å². The van der Waals surface area contributed by atoms with E-state index in [2.05, 4.69) is 25.5 Å². The normalized spacial score (nSPS) is 19.3. The first kappa shape index (κ1) is 19.3. The van der Waals surface area contributed by atoms with Crippen LogP contribution in [-0.2, 0) is 11.3 Å². The number of halogens is 2. The number of carbonyl (C=O) groups is 1. The molecule has 152 valence electrons. The van der Waals surface area contributed by atoms with Gasteiger partial charge in [-0.2, -0.15) is 0 Å². The molecule has 0 spiro atoms. The van der Waals surface area contributed by atoms with Crippen molar-refractivity contribution in [3.8, 4) is 0 Å². The first-order chi connectivity index (χ1) is 14.1. The number of ether oxygens (including phenoxy) is 1. The van der Waals surface area contributed by atoms with Gasteiger partial charge in [0.15, 0.2) is 5.82 Å². The Balaban J connectivity index is 1.27. The van der Waals surface area contributed by atoms with Gasteiger partial charge in [0.25, 0.3) is 0 Å². The lowest BCUT2D eigenvalue weighted by molar-refractivity contribution is 0.0538. The van der Waals surface area contributed by atoms with Crippen molar-refractivity contribution in [1.29, 1.82) is 0 Å². The average molecular weight is 420 g/mol. The summed E-state index contributed by atoms with van der Waals surface area (Å²) in [6.07, 6.45) is 5.21. The van der Waals surface area contributed by atoms with Crippen LogP contribution >= 0.6 is 11.6 Å². The summed E-state index contributed by atoms with van der Waals surface area (Å²) in [5, 5.41) is 11.5. The second kappa shape index (κ2) is 8.56. The highest BCUT2D eigenvalue weighted by Crippen LogP contribution is 2.22. The van der Waals surface area contributed by atoms with E-state index in [-0.39, 0.29) is 19.1 Å². The Bertz CT molecular complexity index is 984. The summed E-state index contributed by atoms with van der Waals surface area (Å²) >= 11 is 5.78. The van der Waals surface area contributed by atoms with Gasteiger partial charge >= 0.3 is 6.09 Å².